The number of hydrogen-bond acceptors (Lipinski definition) is 4. The van der Waals surface area contributed by atoms with Gasteiger partial charge in [-0.2, -0.15) is 0 Å². The Balaban J connectivity index is 1.84. The van der Waals surface area contributed by atoms with Gasteiger partial charge in [-0.05, 0) is 23.6 Å². The van der Waals surface area contributed by atoms with Crippen molar-refractivity contribution < 1.29 is 24.3 Å². The zero-order chi connectivity index (χ0) is 16.6. The van der Waals surface area contributed by atoms with Gasteiger partial charge in [0.15, 0.2) is 0 Å². The van der Waals surface area contributed by atoms with Crippen LogP contribution in [0.15, 0.2) is 18.2 Å². The second-order valence-electron chi connectivity index (χ2n) is 5.50. The molecule has 0 saturated carbocycles. The summed E-state index contributed by atoms with van der Waals surface area (Å²) in [6.45, 7) is 0.326. The third-order valence-corrected chi connectivity index (χ3v) is 4.11. The minimum Gasteiger partial charge on any atom is -0.465 e. The number of piperidine rings is 1. The summed E-state index contributed by atoms with van der Waals surface area (Å²) in [5, 5.41) is 13.2. The monoisotopic (exact) mass is 317 g/mol. The molecule has 2 aliphatic heterocycles. The first-order valence-electron chi connectivity index (χ1n) is 7.19. The zero-order valence-corrected chi connectivity index (χ0v) is 12.2. The van der Waals surface area contributed by atoms with Crippen LogP contribution in [0.4, 0.5) is 4.79 Å². The Kier molecular flexibility index (Phi) is 3.73. The topological polar surface area (TPSA) is 116 Å². The lowest BCUT2D eigenvalue weighted by Crippen LogP contribution is -2.52. The van der Waals surface area contributed by atoms with Gasteiger partial charge >= 0.3 is 6.09 Å². The summed E-state index contributed by atoms with van der Waals surface area (Å²) in [6.07, 6.45) is -0.647. The first-order chi connectivity index (χ1) is 11.0. The van der Waals surface area contributed by atoms with Crippen LogP contribution < -0.4 is 10.6 Å². The largest absolute Gasteiger partial charge is 0.465 e. The van der Waals surface area contributed by atoms with Crippen molar-refractivity contribution in [3.63, 3.8) is 0 Å². The molecule has 1 aromatic carbocycles. The van der Waals surface area contributed by atoms with Crippen molar-refractivity contribution in [2.24, 2.45) is 0 Å². The predicted octanol–water partition coefficient (Wildman–Crippen LogP) is 0.215. The molecule has 1 saturated heterocycles. The van der Waals surface area contributed by atoms with Crippen LogP contribution in [0.3, 0.4) is 0 Å². The number of carboxylic acid groups (broad SMARTS) is 1. The summed E-state index contributed by atoms with van der Waals surface area (Å²) >= 11 is 0. The normalized spacial score (nSPS) is 20.3. The molecule has 8 nitrogen and oxygen atoms in total. The lowest BCUT2D eigenvalue weighted by atomic mass is 10.0. The molecular formula is C15H15N3O5. The van der Waals surface area contributed by atoms with E-state index in [1.165, 1.54) is 4.90 Å². The highest BCUT2D eigenvalue weighted by atomic mass is 16.4. The van der Waals surface area contributed by atoms with E-state index in [1.54, 1.807) is 18.2 Å². The molecule has 1 unspecified atom stereocenters. The predicted molar refractivity (Wildman–Crippen MR) is 77.4 cm³/mol. The van der Waals surface area contributed by atoms with Gasteiger partial charge in [0.05, 0.1) is 0 Å². The summed E-state index contributed by atoms with van der Waals surface area (Å²) in [4.78, 5) is 47.8. The molecule has 120 valence electrons. The van der Waals surface area contributed by atoms with Gasteiger partial charge in [-0.25, -0.2) is 4.79 Å². The molecule has 8 heteroatoms. The number of benzene rings is 1. The molecule has 0 bridgehead atoms. The first-order valence-corrected chi connectivity index (χ1v) is 7.19. The quantitative estimate of drug-likeness (QED) is 0.689. The molecule has 23 heavy (non-hydrogen) atoms. The van der Waals surface area contributed by atoms with Crippen LogP contribution in [-0.2, 0) is 22.7 Å². The maximum atomic E-state index is 12.5. The molecule has 0 aromatic heterocycles. The fraction of sp³-hybridized carbons (Fsp3) is 0.333. The van der Waals surface area contributed by atoms with E-state index >= 15 is 0 Å². The smallest absolute Gasteiger partial charge is 0.404 e. The van der Waals surface area contributed by atoms with Crippen molar-refractivity contribution in [3.8, 4) is 0 Å². The number of rotatable bonds is 3. The number of nitrogens with zero attached hydrogens (tertiary/aromatic N) is 1. The Morgan fingerprint density at radius 3 is 2.83 bits per heavy atom. The Morgan fingerprint density at radius 1 is 1.35 bits per heavy atom. The van der Waals surface area contributed by atoms with E-state index in [0.717, 1.165) is 5.56 Å². The van der Waals surface area contributed by atoms with Crippen LogP contribution >= 0.6 is 0 Å². The van der Waals surface area contributed by atoms with Crippen molar-refractivity contribution in [2.75, 3.05) is 0 Å². The highest BCUT2D eigenvalue weighted by molar-refractivity contribution is 6.05. The maximum Gasteiger partial charge on any atom is 0.404 e. The SMILES string of the molecule is O=C(O)NCc1cccc2c1CN(C1CCC(=O)NC1=O)C2=O. The lowest BCUT2D eigenvalue weighted by Gasteiger charge is -2.29. The Labute approximate surface area is 131 Å². The molecule has 4 amide bonds. The van der Waals surface area contributed by atoms with Gasteiger partial charge in [-0.1, -0.05) is 12.1 Å². The molecule has 2 aliphatic rings. The molecule has 3 N–H and O–H groups in total. The van der Waals surface area contributed by atoms with Crippen LogP contribution in [-0.4, -0.2) is 39.9 Å². The highest BCUT2D eigenvalue weighted by Gasteiger charge is 2.39. The minimum absolute atomic E-state index is 0.0922. The van der Waals surface area contributed by atoms with Crippen molar-refractivity contribution in [1.29, 1.82) is 0 Å². The third-order valence-electron chi connectivity index (χ3n) is 4.11. The van der Waals surface area contributed by atoms with E-state index in [4.69, 9.17) is 5.11 Å². The van der Waals surface area contributed by atoms with Crippen LogP contribution in [0.5, 0.6) is 0 Å². The van der Waals surface area contributed by atoms with E-state index in [-0.39, 0.29) is 31.3 Å². The number of amides is 4. The molecule has 2 heterocycles. The number of nitrogens with one attached hydrogen (secondary N) is 2. The van der Waals surface area contributed by atoms with E-state index in [9.17, 15) is 19.2 Å². The van der Waals surface area contributed by atoms with Crippen molar-refractivity contribution >= 4 is 23.8 Å². The Morgan fingerprint density at radius 2 is 2.13 bits per heavy atom. The van der Waals surface area contributed by atoms with Crippen LogP contribution in [0.2, 0.25) is 0 Å². The van der Waals surface area contributed by atoms with Crippen LogP contribution in [0.1, 0.15) is 34.3 Å². The summed E-state index contributed by atoms with van der Waals surface area (Å²) < 4.78 is 0. The van der Waals surface area contributed by atoms with Gasteiger partial charge in [-0.15, -0.1) is 0 Å². The molecule has 3 rings (SSSR count). The van der Waals surface area contributed by atoms with Gasteiger partial charge in [0.2, 0.25) is 11.8 Å². The number of carbonyl (C=O) groups excluding carboxylic acids is 3. The van der Waals surface area contributed by atoms with E-state index in [2.05, 4.69) is 10.6 Å². The Bertz CT molecular complexity index is 715. The molecule has 1 fully saturated rings. The number of fused-ring (bicyclic) bond motifs is 1. The van der Waals surface area contributed by atoms with E-state index in [0.29, 0.717) is 17.5 Å². The fourth-order valence-electron chi connectivity index (χ4n) is 2.99. The molecular weight excluding hydrogens is 302 g/mol. The van der Waals surface area contributed by atoms with Gasteiger partial charge in [0.1, 0.15) is 6.04 Å². The average molecular weight is 317 g/mol. The van der Waals surface area contributed by atoms with Crippen molar-refractivity contribution in [1.82, 2.24) is 15.5 Å². The van der Waals surface area contributed by atoms with Crippen molar-refractivity contribution in [3.05, 3.63) is 34.9 Å². The molecule has 1 aromatic rings. The van der Waals surface area contributed by atoms with Gasteiger partial charge < -0.3 is 15.3 Å². The zero-order valence-electron chi connectivity index (χ0n) is 12.2. The van der Waals surface area contributed by atoms with Crippen LogP contribution in [0, 0.1) is 0 Å². The lowest BCUT2D eigenvalue weighted by molar-refractivity contribution is -0.136. The van der Waals surface area contributed by atoms with Crippen LogP contribution in [0.25, 0.3) is 0 Å². The molecule has 0 aliphatic carbocycles. The van der Waals surface area contributed by atoms with E-state index in [1.807, 2.05) is 0 Å². The summed E-state index contributed by atoms with van der Waals surface area (Å²) in [5.41, 5.74) is 1.89. The number of imide groups is 1. The number of hydrogen-bond donors (Lipinski definition) is 3. The maximum absolute atomic E-state index is 12.5. The summed E-state index contributed by atoms with van der Waals surface area (Å²) in [7, 11) is 0. The molecule has 0 spiro atoms. The van der Waals surface area contributed by atoms with Gasteiger partial charge in [0, 0.05) is 25.1 Å². The highest BCUT2D eigenvalue weighted by Crippen LogP contribution is 2.29. The molecule has 1 atom stereocenters. The average Bonchev–Trinajstić information content (AvgIpc) is 2.83. The molecule has 0 radical (unpaired) electrons. The van der Waals surface area contributed by atoms with Crippen molar-refractivity contribution in [2.45, 2.75) is 32.0 Å². The van der Waals surface area contributed by atoms with Gasteiger partial charge in [0.25, 0.3) is 5.91 Å². The first kappa shape index (κ1) is 15.0. The fourth-order valence-corrected chi connectivity index (χ4v) is 2.99. The third kappa shape index (κ3) is 2.75. The summed E-state index contributed by atoms with van der Waals surface area (Å²) in [6, 6.07) is 4.42. The standard InChI is InChI=1S/C15H15N3O5/c19-12-5-4-11(13(20)17-12)18-7-10-8(6-16-15(22)23)2-1-3-9(10)14(18)21/h1-3,11,16H,4-7H2,(H,22,23)(H,17,19,20). The number of carbonyl (C=O) groups is 4. The second-order valence-corrected chi connectivity index (χ2v) is 5.50. The minimum atomic E-state index is -1.14. The Hall–Kier alpha value is -2.90. The summed E-state index contributed by atoms with van der Waals surface area (Å²) in [5.74, 6) is -1.07. The van der Waals surface area contributed by atoms with E-state index < -0.39 is 18.0 Å². The van der Waals surface area contributed by atoms with Gasteiger partial charge in [-0.3, -0.25) is 19.7 Å². The second kappa shape index (κ2) is 5.71.